The minimum Gasteiger partial charge on any atom is -0.476 e. The quantitative estimate of drug-likeness (QED) is 0.819. The van der Waals surface area contributed by atoms with E-state index < -0.39 is 0 Å². The molecule has 5 rings (SSSR count). The number of hydrazine groups is 1. The number of hydrogen-bond acceptors (Lipinski definition) is 5. The zero-order valence-electron chi connectivity index (χ0n) is 17.8. The zero-order valence-corrected chi connectivity index (χ0v) is 17.8. The van der Waals surface area contributed by atoms with Gasteiger partial charge in [0, 0.05) is 37.7 Å². The summed E-state index contributed by atoms with van der Waals surface area (Å²) in [5, 5.41) is 0. The number of urea groups is 1. The van der Waals surface area contributed by atoms with Crippen LogP contribution in [0.4, 0.5) is 10.6 Å². The summed E-state index contributed by atoms with van der Waals surface area (Å²) in [7, 11) is 0. The first kappa shape index (κ1) is 19.3. The highest BCUT2D eigenvalue weighted by molar-refractivity contribution is 5.93. The van der Waals surface area contributed by atoms with Crippen molar-refractivity contribution in [2.75, 3.05) is 31.1 Å². The lowest BCUT2D eigenvalue weighted by Gasteiger charge is -2.27. The number of carbonyl (C=O) groups excluding carboxylic acids is 1. The summed E-state index contributed by atoms with van der Waals surface area (Å²) in [4.78, 5) is 21.4. The van der Waals surface area contributed by atoms with Crippen molar-refractivity contribution in [2.24, 2.45) is 0 Å². The molecule has 4 heterocycles. The molecule has 3 aliphatic heterocycles. The van der Waals surface area contributed by atoms with Crippen LogP contribution in [0.25, 0.3) is 0 Å². The first-order valence-electron chi connectivity index (χ1n) is 10.7. The van der Waals surface area contributed by atoms with E-state index in [9.17, 15) is 4.79 Å². The van der Waals surface area contributed by atoms with E-state index >= 15 is 0 Å². The third-order valence-electron chi connectivity index (χ3n) is 6.31. The van der Waals surface area contributed by atoms with Gasteiger partial charge in [0.25, 0.3) is 0 Å². The summed E-state index contributed by atoms with van der Waals surface area (Å²) >= 11 is 0. The number of aromatic nitrogens is 1. The fourth-order valence-electron chi connectivity index (χ4n) is 4.48. The summed E-state index contributed by atoms with van der Waals surface area (Å²) in [5.74, 6) is 1.68. The molecule has 0 radical (unpaired) electrons. The first-order chi connectivity index (χ1) is 14.4. The molecule has 0 saturated carbocycles. The van der Waals surface area contributed by atoms with Gasteiger partial charge in [-0.1, -0.05) is 45.0 Å². The van der Waals surface area contributed by atoms with Gasteiger partial charge in [0.2, 0.25) is 5.88 Å². The average molecular weight is 408 g/mol. The van der Waals surface area contributed by atoms with Crippen molar-refractivity contribution in [3.63, 3.8) is 0 Å². The van der Waals surface area contributed by atoms with E-state index in [1.807, 2.05) is 11.0 Å². The number of anilines is 1. The van der Waals surface area contributed by atoms with Crippen molar-refractivity contribution < 1.29 is 9.53 Å². The van der Waals surface area contributed by atoms with Crippen LogP contribution in [-0.2, 0) is 12.0 Å². The zero-order chi connectivity index (χ0) is 20.9. The van der Waals surface area contributed by atoms with Gasteiger partial charge in [-0.15, -0.1) is 0 Å². The van der Waals surface area contributed by atoms with Gasteiger partial charge in [0.1, 0.15) is 12.4 Å². The highest BCUT2D eigenvalue weighted by Crippen LogP contribution is 2.35. The Labute approximate surface area is 177 Å². The Morgan fingerprint density at radius 3 is 2.90 bits per heavy atom. The molecule has 7 nitrogen and oxygen atoms in total. The lowest BCUT2D eigenvalue weighted by molar-refractivity contribution is 0.218. The fourth-order valence-corrected chi connectivity index (χ4v) is 4.48. The van der Waals surface area contributed by atoms with E-state index in [0.717, 1.165) is 17.7 Å². The number of carbonyl (C=O) groups is 1. The minimum atomic E-state index is 0.00139. The number of pyridine rings is 1. The second-order valence-electron chi connectivity index (χ2n) is 9.42. The molecule has 2 unspecified atom stereocenters. The number of amides is 2. The average Bonchev–Trinajstić information content (AvgIpc) is 3.34. The Kier molecular flexibility index (Phi) is 4.67. The number of hydrogen-bond donors (Lipinski definition) is 2. The van der Waals surface area contributed by atoms with E-state index in [-0.39, 0.29) is 17.5 Å². The number of nitrogens with one attached hydrogen (secondary N) is 2. The van der Waals surface area contributed by atoms with Crippen LogP contribution in [0.3, 0.4) is 0 Å². The van der Waals surface area contributed by atoms with E-state index in [0.29, 0.717) is 43.9 Å². The van der Waals surface area contributed by atoms with Gasteiger partial charge in [-0.05, 0) is 28.7 Å². The van der Waals surface area contributed by atoms with Crippen LogP contribution in [0.1, 0.15) is 43.4 Å². The molecule has 2 N–H and O–H groups in total. The van der Waals surface area contributed by atoms with Gasteiger partial charge >= 0.3 is 6.03 Å². The van der Waals surface area contributed by atoms with Crippen molar-refractivity contribution in [1.29, 1.82) is 0 Å². The summed E-state index contributed by atoms with van der Waals surface area (Å²) in [5.41, 5.74) is 10.1. The van der Waals surface area contributed by atoms with Gasteiger partial charge in [-0.2, -0.15) is 4.98 Å². The maximum absolute atomic E-state index is 13.1. The molecule has 30 heavy (non-hydrogen) atoms. The second-order valence-corrected chi connectivity index (χ2v) is 9.42. The largest absolute Gasteiger partial charge is 0.476 e. The molecular formula is C23H29N5O2. The molecular weight excluding hydrogens is 378 g/mol. The molecule has 2 saturated heterocycles. The van der Waals surface area contributed by atoms with E-state index in [4.69, 9.17) is 9.72 Å². The van der Waals surface area contributed by atoms with Crippen LogP contribution in [0, 0.1) is 0 Å². The minimum absolute atomic E-state index is 0.00139. The van der Waals surface area contributed by atoms with Gasteiger partial charge in [-0.25, -0.2) is 4.79 Å². The Hall–Kier alpha value is -2.64. The molecule has 0 aliphatic carbocycles. The number of nitrogens with zero attached hydrogens (tertiary/aromatic N) is 3. The van der Waals surface area contributed by atoms with Crippen LogP contribution in [-0.4, -0.2) is 48.2 Å². The number of rotatable bonds is 3. The topological polar surface area (TPSA) is 69.7 Å². The standard InChI is InChI=1S/C23H29N5O2/c1-23(2,3)16-6-4-5-15(11-16)13-27-9-10-28(22(27)29)20-8-7-17-18-12-24-26-19(18)14-30-21(17)25-20/h4-8,11,18-19,24,26H,9-10,12-14H2,1-3H3. The molecule has 158 valence electrons. The summed E-state index contributed by atoms with van der Waals surface area (Å²) in [6.07, 6.45) is 0. The highest BCUT2D eigenvalue weighted by Gasteiger charge is 2.37. The van der Waals surface area contributed by atoms with Gasteiger partial charge in [-0.3, -0.25) is 15.8 Å². The molecule has 2 aromatic rings. The molecule has 2 amide bonds. The van der Waals surface area contributed by atoms with Crippen LogP contribution < -0.4 is 20.5 Å². The smallest absolute Gasteiger partial charge is 0.326 e. The van der Waals surface area contributed by atoms with Crippen molar-refractivity contribution in [1.82, 2.24) is 20.7 Å². The van der Waals surface area contributed by atoms with Crippen molar-refractivity contribution in [3.05, 3.63) is 53.1 Å². The Bertz CT molecular complexity index is 970. The Morgan fingerprint density at radius 2 is 2.07 bits per heavy atom. The molecule has 7 heteroatoms. The number of ether oxygens (including phenoxy) is 1. The maximum atomic E-state index is 13.1. The van der Waals surface area contributed by atoms with Crippen molar-refractivity contribution in [2.45, 2.75) is 44.7 Å². The molecule has 0 bridgehead atoms. The molecule has 1 aromatic heterocycles. The van der Waals surface area contributed by atoms with E-state index in [1.54, 1.807) is 4.90 Å². The third kappa shape index (κ3) is 3.42. The lowest BCUT2D eigenvalue weighted by Crippen LogP contribution is -2.39. The number of fused-ring (bicyclic) bond motifs is 3. The van der Waals surface area contributed by atoms with Gasteiger partial charge in [0.15, 0.2) is 0 Å². The van der Waals surface area contributed by atoms with Crippen LogP contribution in [0.15, 0.2) is 36.4 Å². The highest BCUT2D eigenvalue weighted by atomic mass is 16.5. The lowest BCUT2D eigenvalue weighted by atomic mass is 9.86. The van der Waals surface area contributed by atoms with Crippen LogP contribution in [0.2, 0.25) is 0 Å². The normalized spacial score (nSPS) is 23.4. The third-order valence-corrected chi connectivity index (χ3v) is 6.31. The summed E-state index contributed by atoms with van der Waals surface area (Å²) in [6.45, 7) is 10.0. The van der Waals surface area contributed by atoms with Crippen LogP contribution >= 0.6 is 0 Å². The van der Waals surface area contributed by atoms with Crippen LogP contribution in [0.5, 0.6) is 5.88 Å². The maximum Gasteiger partial charge on any atom is 0.326 e. The predicted molar refractivity (Wildman–Crippen MR) is 116 cm³/mol. The molecule has 1 aromatic carbocycles. The second kappa shape index (κ2) is 7.25. The van der Waals surface area contributed by atoms with E-state index in [1.165, 1.54) is 5.56 Å². The Morgan fingerprint density at radius 1 is 1.20 bits per heavy atom. The fraction of sp³-hybridized carbons (Fsp3) is 0.478. The Balaban J connectivity index is 1.32. The predicted octanol–water partition coefficient (Wildman–Crippen LogP) is 2.77. The molecule has 2 atom stereocenters. The van der Waals surface area contributed by atoms with Crippen molar-refractivity contribution >= 4 is 11.8 Å². The van der Waals surface area contributed by atoms with E-state index in [2.05, 4.69) is 62.0 Å². The van der Waals surface area contributed by atoms with Crippen molar-refractivity contribution in [3.8, 4) is 5.88 Å². The van der Waals surface area contributed by atoms with Gasteiger partial charge in [0.05, 0.1) is 6.04 Å². The number of benzene rings is 1. The molecule has 3 aliphatic rings. The molecule has 0 spiro atoms. The summed E-state index contributed by atoms with van der Waals surface area (Å²) < 4.78 is 5.88. The SMILES string of the molecule is CC(C)(C)c1cccc(CN2CCN(c3ccc4c(n3)OCC3NNCC43)C2=O)c1. The van der Waals surface area contributed by atoms with Gasteiger partial charge < -0.3 is 9.64 Å². The summed E-state index contributed by atoms with van der Waals surface area (Å²) in [6, 6.07) is 12.8. The first-order valence-corrected chi connectivity index (χ1v) is 10.7. The molecule has 2 fully saturated rings. The monoisotopic (exact) mass is 407 g/mol.